The molecule has 0 unspecified atom stereocenters. The van der Waals surface area contributed by atoms with Gasteiger partial charge in [-0.2, -0.15) is 5.10 Å². The number of hydrogen-bond acceptors (Lipinski definition) is 5. The van der Waals surface area contributed by atoms with E-state index in [1.807, 2.05) is 46.8 Å². The van der Waals surface area contributed by atoms with Crippen LogP contribution >= 0.6 is 11.3 Å². The second-order valence-electron chi connectivity index (χ2n) is 9.00. The average molecular weight is 443 g/mol. The number of ether oxygens (including phenoxy) is 1. The first-order valence-corrected chi connectivity index (χ1v) is 11.3. The molecule has 6 nitrogen and oxygen atoms in total. The molecular weight excluding hydrogens is 415 g/mol. The summed E-state index contributed by atoms with van der Waals surface area (Å²) in [6.07, 6.45) is 4.25. The SMILES string of the molecule is CC(C)c1nn(-c2ncc(C3=CCN(C(=O)OC(C)(C)C)CC3)s2)c2c(F)cccc12. The van der Waals surface area contributed by atoms with Crippen LogP contribution in [0.2, 0.25) is 0 Å². The molecule has 0 spiro atoms. The fourth-order valence-electron chi connectivity index (χ4n) is 3.61. The summed E-state index contributed by atoms with van der Waals surface area (Å²) < 4.78 is 21.7. The van der Waals surface area contributed by atoms with E-state index in [4.69, 9.17) is 4.74 Å². The van der Waals surface area contributed by atoms with Gasteiger partial charge in [-0.15, -0.1) is 0 Å². The van der Waals surface area contributed by atoms with E-state index in [1.165, 1.54) is 17.4 Å². The monoisotopic (exact) mass is 442 g/mol. The van der Waals surface area contributed by atoms with E-state index in [2.05, 4.69) is 10.1 Å². The van der Waals surface area contributed by atoms with E-state index in [-0.39, 0.29) is 17.8 Å². The fraction of sp³-hybridized carbons (Fsp3) is 0.435. The van der Waals surface area contributed by atoms with Crippen LogP contribution < -0.4 is 0 Å². The van der Waals surface area contributed by atoms with Crippen LogP contribution in [0.5, 0.6) is 0 Å². The first kappa shape index (κ1) is 21.5. The lowest BCUT2D eigenvalue weighted by atomic mass is 10.1. The number of halogens is 1. The lowest BCUT2D eigenvalue weighted by Crippen LogP contribution is -2.39. The zero-order chi connectivity index (χ0) is 22.3. The minimum Gasteiger partial charge on any atom is -0.444 e. The Bertz CT molecular complexity index is 1160. The molecule has 3 heterocycles. The van der Waals surface area contributed by atoms with Crippen LogP contribution in [-0.2, 0) is 4.74 Å². The number of nitrogens with zero attached hydrogens (tertiary/aromatic N) is 4. The molecular formula is C23H27FN4O2S. The molecule has 0 atom stereocenters. The number of carbonyl (C=O) groups is 1. The summed E-state index contributed by atoms with van der Waals surface area (Å²) in [5.41, 5.74) is 1.94. The molecule has 0 fully saturated rings. The molecule has 164 valence electrons. The second kappa shape index (κ2) is 8.07. The number of para-hydroxylation sites is 1. The molecule has 4 rings (SSSR count). The van der Waals surface area contributed by atoms with Crippen molar-refractivity contribution in [1.29, 1.82) is 0 Å². The Kier molecular flexibility index (Phi) is 5.60. The molecule has 0 N–H and O–H groups in total. The highest BCUT2D eigenvalue weighted by molar-refractivity contribution is 7.15. The average Bonchev–Trinajstić information content (AvgIpc) is 3.32. The van der Waals surface area contributed by atoms with Gasteiger partial charge < -0.3 is 9.64 Å². The number of carbonyl (C=O) groups excluding carboxylic acids is 1. The van der Waals surface area contributed by atoms with E-state index in [1.54, 1.807) is 21.8 Å². The van der Waals surface area contributed by atoms with Crippen molar-refractivity contribution in [3.63, 3.8) is 0 Å². The minimum absolute atomic E-state index is 0.171. The zero-order valence-corrected chi connectivity index (χ0v) is 19.3. The molecule has 1 aliphatic rings. The lowest BCUT2D eigenvalue weighted by molar-refractivity contribution is 0.0270. The van der Waals surface area contributed by atoms with Gasteiger partial charge in [0.1, 0.15) is 16.9 Å². The van der Waals surface area contributed by atoms with Crippen LogP contribution in [0.4, 0.5) is 9.18 Å². The van der Waals surface area contributed by atoms with Crippen molar-refractivity contribution in [1.82, 2.24) is 19.7 Å². The third-order valence-corrected chi connectivity index (χ3v) is 6.13. The quantitative estimate of drug-likeness (QED) is 0.517. The van der Waals surface area contributed by atoms with Gasteiger partial charge in [-0.05, 0) is 44.7 Å². The highest BCUT2D eigenvalue weighted by Crippen LogP contribution is 2.33. The van der Waals surface area contributed by atoms with Gasteiger partial charge in [-0.25, -0.2) is 18.9 Å². The number of amides is 1. The first-order valence-electron chi connectivity index (χ1n) is 10.4. The first-order chi connectivity index (χ1) is 14.6. The van der Waals surface area contributed by atoms with Crippen molar-refractivity contribution < 1.29 is 13.9 Å². The summed E-state index contributed by atoms with van der Waals surface area (Å²) in [6, 6.07) is 5.07. The van der Waals surface area contributed by atoms with Gasteiger partial charge in [0.15, 0.2) is 0 Å². The highest BCUT2D eigenvalue weighted by Gasteiger charge is 2.25. The number of rotatable bonds is 3. The molecule has 0 radical (unpaired) electrons. The van der Waals surface area contributed by atoms with Gasteiger partial charge in [-0.3, -0.25) is 0 Å². The normalized spacial score (nSPS) is 14.9. The van der Waals surface area contributed by atoms with Gasteiger partial charge in [0.05, 0.1) is 10.6 Å². The predicted octanol–water partition coefficient (Wildman–Crippen LogP) is 5.77. The summed E-state index contributed by atoms with van der Waals surface area (Å²) in [5.74, 6) is -0.136. The molecule has 3 aromatic rings. The summed E-state index contributed by atoms with van der Waals surface area (Å²) in [5, 5.41) is 6.13. The highest BCUT2D eigenvalue weighted by atomic mass is 32.1. The summed E-state index contributed by atoms with van der Waals surface area (Å²) in [4.78, 5) is 19.5. The van der Waals surface area contributed by atoms with Crippen molar-refractivity contribution in [2.45, 2.75) is 52.6 Å². The van der Waals surface area contributed by atoms with Crippen LogP contribution in [0.3, 0.4) is 0 Å². The smallest absolute Gasteiger partial charge is 0.410 e. The Labute approximate surface area is 185 Å². The molecule has 31 heavy (non-hydrogen) atoms. The maximum Gasteiger partial charge on any atom is 0.410 e. The number of fused-ring (bicyclic) bond motifs is 1. The van der Waals surface area contributed by atoms with Gasteiger partial charge in [0, 0.05) is 24.7 Å². The fourth-order valence-corrected chi connectivity index (χ4v) is 4.55. The Morgan fingerprint density at radius 2 is 2.06 bits per heavy atom. The topological polar surface area (TPSA) is 60.2 Å². The molecule has 2 aromatic heterocycles. The summed E-state index contributed by atoms with van der Waals surface area (Å²) in [7, 11) is 0. The largest absolute Gasteiger partial charge is 0.444 e. The lowest BCUT2D eigenvalue weighted by Gasteiger charge is -2.29. The van der Waals surface area contributed by atoms with E-state index >= 15 is 0 Å². The Hall–Kier alpha value is -2.74. The summed E-state index contributed by atoms with van der Waals surface area (Å²) in [6.45, 7) is 10.8. The molecule has 0 aliphatic carbocycles. The molecule has 1 aliphatic heterocycles. The van der Waals surface area contributed by atoms with E-state index in [0.29, 0.717) is 30.2 Å². The van der Waals surface area contributed by atoms with Crippen LogP contribution in [0.1, 0.15) is 57.5 Å². The van der Waals surface area contributed by atoms with Gasteiger partial charge >= 0.3 is 6.09 Å². The predicted molar refractivity (Wildman–Crippen MR) is 121 cm³/mol. The van der Waals surface area contributed by atoms with Crippen molar-refractivity contribution in [3.05, 3.63) is 46.9 Å². The third-order valence-electron chi connectivity index (χ3n) is 5.08. The van der Waals surface area contributed by atoms with Crippen LogP contribution in [0.25, 0.3) is 21.6 Å². The molecule has 1 aromatic carbocycles. The van der Waals surface area contributed by atoms with Crippen LogP contribution in [-0.4, -0.2) is 44.4 Å². The summed E-state index contributed by atoms with van der Waals surface area (Å²) >= 11 is 1.48. The zero-order valence-electron chi connectivity index (χ0n) is 18.5. The maximum atomic E-state index is 14.7. The maximum absolute atomic E-state index is 14.7. The van der Waals surface area contributed by atoms with Crippen molar-refractivity contribution in [2.24, 2.45) is 0 Å². The Morgan fingerprint density at radius 3 is 2.71 bits per heavy atom. The second-order valence-corrected chi connectivity index (χ2v) is 10.0. The van der Waals surface area contributed by atoms with Crippen molar-refractivity contribution in [3.8, 4) is 5.13 Å². The Balaban J connectivity index is 1.60. The van der Waals surface area contributed by atoms with Crippen molar-refractivity contribution >= 4 is 33.9 Å². The molecule has 0 saturated heterocycles. The number of benzene rings is 1. The minimum atomic E-state index is -0.510. The molecule has 8 heteroatoms. The standard InChI is InChI=1S/C23H27FN4O2S/c1-14(2)19-16-7-6-8-17(24)20(16)28(26-19)21-25-13-18(31-21)15-9-11-27(12-10-15)22(29)30-23(3,4)5/h6-9,13-14H,10-12H2,1-5H3. The molecule has 0 saturated carbocycles. The van der Waals surface area contributed by atoms with Crippen molar-refractivity contribution in [2.75, 3.05) is 13.1 Å². The van der Waals surface area contributed by atoms with E-state index in [9.17, 15) is 9.18 Å². The van der Waals surface area contributed by atoms with E-state index < -0.39 is 5.60 Å². The number of aromatic nitrogens is 3. The number of thiazole rings is 1. The molecule has 1 amide bonds. The molecule has 0 bridgehead atoms. The number of hydrogen-bond donors (Lipinski definition) is 0. The Morgan fingerprint density at radius 1 is 1.29 bits per heavy atom. The van der Waals surface area contributed by atoms with E-state index in [0.717, 1.165) is 21.5 Å². The van der Waals surface area contributed by atoms with Gasteiger partial charge in [0.25, 0.3) is 0 Å². The van der Waals surface area contributed by atoms with Gasteiger partial charge in [0.2, 0.25) is 5.13 Å². The van der Waals surface area contributed by atoms with Crippen LogP contribution in [0, 0.1) is 5.82 Å². The third kappa shape index (κ3) is 4.35. The van der Waals surface area contributed by atoms with Gasteiger partial charge in [-0.1, -0.05) is 43.4 Å². The van der Waals surface area contributed by atoms with Crippen LogP contribution in [0.15, 0.2) is 30.5 Å².